The number of amides is 2. The van der Waals surface area contributed by atoms with Gasteiger partial charge in [-0.2, -0.15) is 0 Å². The monoisotopic (exact) mass is 399 g/mol. The van der Waals surface area contributed by atoms with Crippen molar-refractivity contribution in [3.8, 4) is 0 Å². The van der Waals surface area contributed by atoms with Crippen molar-refractivity contribution < 1.29 is 14.0 Å². The highest BCUT2D eigenvalue weighted by Gasteiger charge is 2.42. The Morgan fingerprint density at radius 3 is 2.07 bits per heavy atom. The summed E-state index contributed by atoms with van der Waals surface area (Å²) in [4.78, 5) is 31.9. The molecule has 2 heterocycles. The number of nitrogens with zero attached hydrogens (tertiary/aromatic N) is 3. The third-order valence-corrected chi connectivity index (χ3v) is 5.35. The molecule has 0 unspecified atom stereocenters. The number of halogens is 2. The van der Waals surface area contributed by atoms with Gasteiger partial charge in [-0.3, -0.25) is 9.59 Å². The van der Waals surface area contributed by atoms with Crippen LogP contribution in [0, 0.1) is 5.82 Å². The van der Waals surface area contributed by atoms with E-state index in [9.17, 15) is 14.0 Å². The number of benzene rings is 2. The molecule has 0 aliphatic carbocycles. The molecule has 2 aromatic carbocycles. The number of imide groups is 1. The summed E-state index contributed by atoms with van der Waals surface area (Å²) in [6, 6.07) is 12.3. The number of carbonyl (C=O) groups excluding carboxylic acids is 2. The van der Waals surface area contributed by atoms with E-state index in [1.807, 2.05) is 11.9 Å². The van der Waals surface area contributed by atoms with E-state index in [2.05, 4.69) is 4.90 Å². The molecule has 144 valence electrons. The van der Waals surface area contributed by atoms with Crippen LogP contribution < -0.4 is 4.90 Å². The van der Waals surface area contributed by atoms with Crippen LogP contribution in [0.15, 0.2) is 54.2 Å². The maximum absolute atomic E-state index is 13.3. The second kappa shape index (κ2) is 7.37. The van der Waals surface area contributed by atoms with Crippen LogP contribution in [0.3, 0.4) is 0 Å². The first-order valence-electron chi connectivity index (χ1n) is 9.04. The van der Waals surface area contributed by atoms with Crippen LogP contribution in [0.5, 0.6) is 0 Å². The van der Waals surface area contributed by atoms with Crippen LogP contribution in [0.4, 0.5) is 10.1 Å². The Hall–Kier alpha value is -2.70. The first kappa shape index (κ1) is 18.7. The van der Waals surface area contributed by atoms with Gasteiger partial charge in [0.1, 0.15) is 11.5 Å². The van der Waals surface area contributed by atoms with Crippen LogP contribution >= 0.6 is 11.6 Å². The summed E-state index contributed by atoms with van der Waals surface area (Å²) in [6.07, 6.45) is 0. The smallest absolute Gasteiger partial charge is 0.282 e. The van der Waals surface area contributed by atoms with E-state index in [1.165, 1.54) is 24.3 Å². The second-order valence-corrected chi connectivity index (χ2v) is 7.38. The van der Waals surface area contributed by atoms with Gasteiger partial charge in [0.05, 0.1) is 11.3 Å². The molecule has 7 heteroatoms. The number of anilines is 1. The molecule has 28 heavy (non-hydrogen) atoms. The van der Waals surface area contributed by atoms with Gasteiger partial charge in [-0.05, 0) is 49.0 Å². The molecule has 2 amide bonds. The van der Waals surface area contributed by atoms with Gasteiger partial charge in [0.25, 0.3) is 11.8 Å². The van der Waals surface area contributed by atoms with Crippen molar-refractivity contribution in [1.29, 1.82) is 0 Å². The van der Waals surface area contributed by atoms with Crippen molar-refractivity contribution in [3.63, 3.8) is 0 Å². The highest BCUT2D eigenvalue weighted by molar-refractivity contribution is 6.45. The lowest BCUT2D eigenvalue weighted by atomic mass is 10.0. The molecule has 0 aromatic heterocycles. The van der Waals surface area contributed by atoms with E-state index in [4.69, 9.17) is 11.6 Å². The standard InChI is InChI=1S/C21H19ClFN3O2/c1-24-10-12-25(13-11-24)19-18(14-2-4-15(22)5-3-14)20(27)26(21(19)28)17-8-6-16(23)7-9-17/h2-9H,10-13H2,1H3. The van der Waals surface area contributed by atoms with Crippen LogP contribution in [0.25, 0.3) is 5.57 Å². The summed E-state index contributed by atoms with van der Waals surface area (Å²) in [5, 5.41) is 0.553. The maximum Gasteiger partial charge on any atom is 0.282 e. The van der Waals surface area contributed by atoms with Crippen molar-refractivity contribution in [2.24, 2.45) is 0 Å². The third kappa shape index (κ3) is 3.30. The van der Waals surface area contributed by atoms with Gasteiger partial charge < -0.3 is 9.80 Å². The summed E-state index contributed by atoms with van der Waals surface area (Å²) in [5.41, 5.74) is 1.74. The largest absolute Gasteiger partial charge is 0.364 e. The van der Waals surface area contributed by atoms with Crippen LogP contribution in [-0.2, 0) is 9.59 Å². The molecular formula is C21H19ClFN3O2. The molecule has 0 N–H and O–H groups in total. The van der Waals surface area contributed by atoms with E-state index < -0.39 is 11.7 Å². The molecule has 0 spiro atoms. The number of likely N-dealkylation sites (N-methyl/N-ethyl adjacent to an activating group) is 1. The topological polar surface area (TPSA) is 43.9 Å². The van der Waals surface area contributed by atoms with E-state index in [0.29, 0.717) is 40.6 Å². The van der Waals surface area contributed by atoms with Crippen LogP contribution in [-0.4, -0.2) is 54.8 Å². The Labute approximate surface area is 167 Å². The van der Waals surface area contributed by atoms with E-state index >= 15 is 0 Å². The Kier molecular flexibility index (Phi) is 4.91. The van der Waals surface area contributed by atoms with Crippen molar-refractivity contribution in [3.05, 3.63) is 70.6 Å². The van der Waals surface area contributed by atoms with Gasteiger partial charge >= 0.3 is 0 Å². The second-order valence-electron chi connectivity index (χ2n) is 6.94. The molecule has 0 saturated carbocycles. The van der Waals surface area contributed by atoms with Crippen molar-refractivity contribution in [2.75, 3.05) is 38.1 Å². The average Bonchev–Trinajstić information content (AvgIpc) is 2.94. The zero-order chi connectivity index (χ0) is 19.8. The highest BCUT2D eigenvalue weighted by Crippen LogP contribution is 2.35. The van der Waals surface area contributed by atoms with Gasteiger partial charge in [-0.1, -0.05) is 23.7 Å². The van der Waals surface area contributed by atoms with Gasteiger partial charge in [-0.25, -0.2) is 9.29 Å². The van der Waals surface area contributed by atoms with Gasteiger partial charge in [-0.15, -0.1) is 0 Å². The molecule has 4 rings (SSSR count). The first-order chi connectivity index (χ1) is 13.5. The SMILES string of the molecule is CN1CCN(C2=C(c3ccc(Cl)cc3)C(=O)N(c3ccc(F)cc3)C2=O)CC1. The molecule has 0 atom stereocenters. The predicted octanol–water partition coefficient (Wildman–Crippen LogP) is 3.01. The predicted molar refractivity (Wildman–Crippen MR) is 106 cm³/mol. The molecule has 2 aliphatic rings. The van der Waals surface area contributed by atoms with Crippen molar-refractivity contribution >= 4 is 34.7 Å². The number of rotatable bonds is 3. The van der Waals surface area contributed by atoms with E-state index in [0.717, 1.165) is 18.0 Å². The quantitative estimate of drug-likeness (QED) is 0.744. The first-order valence-corrected chi connectivity index (χ1v) is 9.41. The average molecular weight is 400 g/mol. The number of hydrogen-bond donors (Lipinski definition) is 0. The minimum atomic E-state index is -0.423. The summed E-state index contributed by atoms with van der Waals surface area (Å²) in [6.45, 7) is 2.91. The minimum absolute atomic E-state index is 0.354. The Morgan fingerprint density at radius 2 is 1.46 bits per heavy atom. The Morgan fingerprint density at radius 1 is 0.857 bits per heavy atom. The highest BCUT2D eigenvalue weighted by atomic mass is 35.5. The molecule has 2 aromatic rings. The van der Waals surface area contributed by atoms with Crippen molar-refractivity contribution in [1.82, 2.24) is 9.80 Å². The van der Waals surface area contributed by atoms with Crippen LogP contribution in [0.1, 0.15) is 5.56 Å². The van der Waals surface area contributed by atoms with Crippen molar-refractivity contribution in [2.45, 2.75) is 0 Å². The van der Waals surface area contributed by atoms with Crippen LogP contribution in [0.2, 0.25) is 5.02 Å². The summed E-state index contributed by atoms with van der Waals surface area (Å²) < 4.78 is 13.3. The molecule has 5 nitrogen and oxygen atoms in total. The fourth-order valence-corrected chi connectivity index (χ4v) is 3.67. The number of carbonyl (C=O) groups is 2. The maximum atomic E-state index is 13.3. The number of hydrogen-bond acceptors (Lipinski definition) is 4. The zero-order valence-electron chi connectivity index (χ0n) is 15.4. The fraction of sp³-hybridized carbons (Fsp3) is 0.238. The lowest BCUT2D eigenvalue weighted by Crippen LogP contribution is -2.46. The molecule has 0 radical (unpaired) electrons. The normalized spacial score (nSPS) is 18.4. The molecular weight excluding hydrogens is 381 g/mol. The molecule has 0 bridgehead atoms. The lowest BCUT2D eigenvalue weighted by Gasteiger charge is -2.34. The van der Waals surface area contributed by atoms with Gasteiger partial charge in [0, 0.05) is 31.2 Å². The Bertz CT molecular complexity index is 949. The lowest BCUT2D eigenvalue weighted by molar-refractivity contribution is -0.120. The summed E-state index contributed by atoms with van der Waals surface area (Å²) in [7, 11) is 2.03. The molecule has 1 saturated heterocycles. The fourth-order valence-electron chi connectivity index (χ4n) is 3.54. The summed E-state index contributed by atoms with van der Waals surface area (Å²) >= 11 is 5.99. The molecule has 2 aliphatic heterocycles. The van der Waals surface area contributed by atoms with E-state index in [-0.39, 0.29) is 5.91 Å². The zero-order valence-corrected chi connectivity index (χ0v) is 16.1. The Balaban J connectivity index is 1.79. The third-order valence-electron chi connectivity index (χ3n) is 5.10. The van der Waals surface area contributed by atoms with Gasteiger partial charge in [0.15, 0.2) is 0 Å². The number of piperazine rings is 1. The molecule has 1 fully saturated rings. The minimum Gasteiger partial charge on any atom is -0.364 e. The van der Waals surface area contributed by atoms with Gasteiger partial charge in [0.2, 0.25) is 0 Å². The van der Waals surface area contributed by atoms with E-state index in [1.54, 1.807) is 24.3 Å². The summed E-state index contributed by atoms with van der Waals surface area (Å²) in [5.74, 6) is -1.22.